The van der Waals surface area contributed by atoms with Gasteiger partial charge in [0.2, 0.25) is 0 Å². The molecule has 1 aliphatic rings. The van der Waals surface area contributed by atoms with Crippen molar-refractivity contribution in [3.05, 3.63) is 69.9 Å². The Morgan fingerprint density at radius 3 is 2.31 bits per heavy atom. The quantitative estimate of drug-likeness (QED) is 0.422. The topological polar surface area (TPSA) is 63.1 Å². The molecule has 1 aliphatic carbocycles. The van der Waals surface area contributed by atoms with Crippen LogP contribution in [0.4, 0.5) is 26.3 Å². The van der Waals surface area contributed by atoms with Crippen LogP contribution in [-0.2, 0) is 13.2 Å². The number of hydrogen-bond donors (Lipinski definition) is 2. The Balaban J connectivity index is 1.66. The fraction of sp³-hybridized carbons (Fsp3) is 0.304. The lowest BCUT2D eigenvalue weighted by Gasteiger charge is -2.23. The van der Waals surface area contributed by atoms with Crippen molar-refractivity contribution in [1.82, 2.24) is 15.2 Å². The molecule has 35 heavy (non-hydrogen) atoms. The average Bonchev–Trinajstić information content (AvgIpc) is 3.52. The van der Waals surface area contributed by atoms with E-state index >= 15 is 0 Å². The highest BCUT2D eigenvalue weighted by atomic mass is 35.5. The molecule has 0 spiro atoms. The molecule has 0 bridgehead atoms. The first-order valence-corrected chi connectivity index (χ1v) is 10.8. The number of nitrogens with zero attached hydrogens (tertiary/aromatic N) is 1. The molecule has 1 heterocycles. The van der Waals surface area contributed by atoms with E-state index in [1.165, 1.54) is 29.8 Å². The van der Waals surface area contributed by atoms with Crippen molar-refractivity contribution >= 4 is 34.3 Å². The molecule has 0 radical (unpaired) electrons. The summed E-state index contributed by atoms with van der Waals surface area (Å²) in [6, 6.07) is 4.22. The molecule has 1 unspecified atom stereocenters. The van der Waals surface area contributed by atoms with Crippen molar-refractivity contribution in [2.75, 3.05) is 0 Å². The molecule has 2 aromatic carbocycles. The van der Waals surface area contributed by atoms with E-state index in [0.29, 0.717) is 23.0 Å². The van der Waals surface area contributed by atoms with Gasteiger partial charge in [0, 0.05) is 24.0 Å². The van der Waals surface area contributed by atoms with Gasteiger partial charge in [0.25, 0.3) is 11.8 Å². The number of aromatic nitrogens is 1. The van der Waals surface area contributed by atoms with Crippen LogP contribution in [0, 0.1) is 0 Å². The number of alkyl halides is 6. The van der Waals surface area contributed by atoms with Crippen LogP contribution in [0.25, 0.3) is 10.9 Å². The van der Waals surface area contributed by atoms with E-state index in [1.807, 2.05) is 0 Å². The van der Waals surface area contributed by atoms with Gasteiger partial charge in [0.05, 0.1) is 16.1 Å². The lowest BCUT2D eigenvalue weighted by Crippen LogP contribution is -2.38. The number of benzene rings is 2. The first-order chi connectivity index (χ1) is 16.3. The number of halogens is 7. The van der Waals surface area contributed by atoms with E-state index in [-0.39, 0.29) is 22.3 Å². The summed E-state index contributed by atoms with van der Waals surface area (Å²) in [4.78, 5) is 25.2. The van der Waals surface area contributed by atoms with Crippen LogP contribution in [-0.4, -0.2) is 28.6 Å². The van der Waals surface area contributed by atoms with E-state index in [4.69, 9.17) is 11.6 Å². The zero-order valence-corrected chi connectivity index (χ0v) is 18.8. The molecule has 1 atom stereocenters. The van der Waals surface area contributed by atoms with E-state index in [9.17, 15) is 35.9 Å². The highest BCUT2D eigenvalue weighted by Gasteiger charge is 2.43. The molecule has 0 aliphatic heterocycles. The third kappa shape index (κ3) is 5.24. The maximum Gasteiger partial charge on any atom is 0.416 e. The van der Waals surface area contributed by atoms with Crippen LogP contribution in [0.5, 0.6) is 0 Å². The van der Waals surface area contributed by atoms with Crippen molar-refractivity contribution in [3.63, 3.8) is 0 Å². The largest absolute Gasteiger partial charge is 0.416 e. The van der Waals surface area contributed by atoms with Crippen LogP contribution >= 0.6 is 11.6 Å². The number of aryl methyl sites for hydroxylation is 1. The average molecular weight is 518 g/mol. The smallest absolute Gasteiger partial charge is 0.349 e. The van der Waals surface area contributed by atoms with Gasteiger partial charge in [-0.1, -0.05) is 23.7 Å². The molecule has 12 heteroatoms. The molecule has 4 rings (SSSR count). The van der Waals surface area contributed by atoms with Crippen LogP contribution in [0.3, 0.4) is 0 Å². The molecule has 2 N–H and O–H groups in total. The van der Waals surface area contributed by atoms with Gasteiger partial charge < -0.3 is 15.2 Å². The second kappa shape index (κ2) is 8.78. The van der Waals surface area contributed by atoms with Gasteiger partial charge in [-0.3, -0.25) is 9.59 Å². The van der Waals surface area contributed by atoms with Gasteiger partial charge in [-0.2, -0.15) is 26.3 Å². The summed E-state index contributed by atoms with van der Waals surface area (Å²) in [5, 5.41) is 5.05. The summed E-state index contributed by atoms with van der Waals surface area (Å²) < 4.78 is 81.6. The number of rotatable bonds is 5. The van der Waals surface area contributed by atoms with Crippen molar-refractivity contribution in [3.8, 4) is 0 Å². The molecule has 1 aromatic heterocycles. The lowest BCUT2D eigenvalue weighted by atomic mass is 10.0. The second-order valence-electron chi connectivity index (χ2n) is 8.30. The first-order valence-electron chi connectivity index (χ1n) is 10.4. The number of carbonyl (C=O) groups excluding carboxylic acids is 2. The molecule has 1 saturated carbocycles. The van der Waals surface area contributed by atoms with Crippen molar-refractivity contribution in [2.24, 2.45) is 7.05 Å². The van der Waals surface area contributed by atoms with Crippen molar-refractivity contribution in [1.29, 1.82) is 0 Å². The fourth-order valence-corrected chi connectivity index (χ4v) is 3.94. The standard InChI is InChI=1S/C23H18ClF6N3O2/c1-33-17-10-16(24)15(20(34)31-14-5-6-14)8-12(17)9-18(33)21(35)32-19(23(28,29)30)11-3-2-4-13(7-11)22(25,26)27/h2-4,7-10,14,19H,5-6H2,1H3,(H,31,34)(H,32,35). The Bertz CT molecular complexity index is 1310. The zero-order chi connectivity index (χ0) is 25.7. The van der Waals surface area contributed by atoms with Crippen molar-refractivity contribution in [2.45, 2.75) is 37.3 Å². The van der Waals surface area contributed by atoms with E-state index in [1.54, 1.807) is 5.32 Å². The highest BCUT2D eigenvalue weighted by Crippen LogP contribution is 2.37. The summed E-state index contributed by atoms with van der Waals surface area (Å²) in [6.45, 7) is 0. The molecular weight excluding hydrogens is 500 g/mol. The Kier molecular flexibility index (Phi) is 6.25. The zero-order valence-electron chi connectivity index (χ0n) is 18.0. The maximum atomic E-state index is 13.8. The van der Waals surface area contributed by atoms with Crippen LogP contribution in [0.15, 0.2) is 42.5 Å². The van der Waals surface area contributed by atoms with E-state index < -0.39 is 41.3 Å². The fourth-order valence-electron chi connectivity index (χ4n) is 3.70. The predicted molar refractivity (Wildman–Crippen MR) is 116 cm³/mol. The van der Waals surface area contributed by atoms with Gasteiger partial charge in [-0.15, -0.1) is 0 Å². The van der Waals surface area contributed by atoms with E-state index in [2.05, 4.69) is 5.32 Å². The maximum absolute atomic E-state index is 13.8. The van der Waals surface area contributed by atoms with Gasteiger partial charge >= 0.3 is 12.4 Å². The summed E-state index contributed by atoms with van der Waals surface area (Å²) in [5.41, 5.74) is -1.69. The Morgan fingerprint density at radius 2 is 1.71 bits per heavy atom. The Labute approximate surface area is 200 Å². The summed E-state index contributed by atoms with van der Waals surface area (Å²) in [7, 11) is 1.42. The van der Waals surface area contributed by atoms with Crippen LogP contribution in [0.1, 0.15) is 50.9 Å². The Morgan fingerprint density at radius 1 is 1.03 bits per heavy atom. The number of carbonyl (C=O) groups is 2. The third-order valence-electron chi connectivity index (χ3n) is 5.67. The number of hydrogen-bond acceptors (Lipinski definition) is 2. The third-order valence-corrected chi connectivity index (χ3v) is 5.98. The van der Waals surface area contributed by atoms with Crippen molar-refractivity contribution < 1.29 is 35.9 Å². The van der Waals surface area contributed by atoms with Gasteiger partial charge in [0.15, 0.2) is 6.04 Å². The summed E-state index contributed by atoms with van der Waals surface area (Å²) >= 11 is 6.22. The van der Waals surface area contributed by atoms with Gasteiger partial charge in [-0.05, 0) is 48.7 Å². The molecular formula is C23H18ClF6N3O2. The minimum atomic E-state index is -5.07. The van der Waals surface area contributed by atoms with Crippen LogP contribution < -0.4 is 10.6 Å². The molecule has 186 valence electrons. The predicted octanol–water partition coefficient (Wildman–Crippen LogP) is 5.78. The highest BCUT2D eigenvalue weighted by molar-refractivity contribution is 6.34. The number of nitrogens with one attached hydrogen (secondary N) is 2. The minimum absolute atomic E-state index is 0.0709. The lowest BCUT2D eigenvalue weighted by molar-refractivity contribution is -0.156. The summed E-state index contributed by atoms with van der Waals surface area (Å²) in [5.74, 6) is -1.57. The monoisotopic (exact) mass is 517 g/mol. The SMILES string of the molecule is Cn1c(C(=O)NC(c2cccc(C(F)(F)F)c2)C(F)(F)F)cc2cc(C(=O)NC3CC3)c(Cl)cc21. The summed E-state index contributed by atoms with van der Waals surface area (Å²) in [6.07, 6.45) is -8.21. The minimum Gasteiger partial charge on any atom is -0.349 e. The van der Waals surface area contributed by atoms with Gasteiger partial charge in [-0.25, -0.2) is 0 Å². The first kappa shape index (κ1) is 24.9. The molecule has 2 amide bonds. The second-order valence-corrected chi connectivity index (χ2v) is 8.71. The molecule has 5 nitrogen and oxygen atoms in total. The van der Waals surface area contributed by atoms with Gasteiger partial charge in [0.1, 0.15) is 5.69 Å². The number of amides is 2. The van der Waals surface area contributed by atoms with E-state index in [0.717, 1.165) is 25.0 Å². The molecule has 3 aromatic rings. The molecule has 0 saturated heterocycles. The molecule has 1 fully saturated rings. The normalized spacial score (nSPS) is 15.2. The Hall–Kier alpha value is -3.21. The van der Waals surface area contributed by atoms with Crippen LogP contribution in [0.2, 0.25) is 5.02 Å². The number of fused-ring (bicyclic) bond motifs is 1.